The Morgan fingerprint density at radius 1 is 0.900 bits per heavy atom. The molecule has 6 heteroatoms. The molecule has 0 aliphatic carbocycles. The van der Waals surface area contributed by atoms with Crippen molar-refractivity contribution in [3.63, 3.8) is 0 Å². The second-order valence-corrected chi connectivity index (χ2v) is 8.00. The number of hydrogen-bond donors (Lipinski definition) is 2. The smallest absolute Gasteiger partial charge is 0.193 e. The molecule has 0 amide bonds. The topological polar surface area (TPSA) is 72.1 Å². The standard InChI is InChI=1S/C24H32N4O2/c25-24(27-21-10-11-22-23(16-21)30-15-7-14-29-22)26-17-19-8-3-4-9-20(19)18-28-12-5-1-2-6-13-28/h3-4,8-11,16H,1-2,5-7,12-15,17-18H2,(H3,25,26,27). The first-order valence-corrected chi connectivity index (χ1v) is 11.0. The van der Waals surface area contributed by atoms with E-state index in [0.29, 0.717) is 25.7 Å². The number of anilines is 1. The van der Waals surface area contributed by atoms with E-state index in [2.05, 4.69) is 39.5 Å². The summed E-state index contributed by atoms with van der Waals surface area (Å²) in [6.45, 7) is 5.26. The van der Waals surface area contributed by atoms with Gasteiger partial charge in [-0.3, -0.25) is 4.90 Å². The van der Waals surface area contributed by atoms with Crippen molar-refractivity contribution in [1.29, 1.82) is 0 Å². The second kappa shape index (κ2) is 10.3. The summed E-state index contributed by atoms with van der Waals surface area (Å²) in [6.07, 6.45) is 6.19. The van der Waals surface area contributed by atoms with E-state index in [1.807, 2.05) is 18.2 Å². The lowest BCUT2D eigenvalue weighted by Crippen LogP contribution is -2.25. The minimum absolute atomic E-state index is 0.397. The predicted octanol–water partition coefficient (Wildman–Crippen LogP) is 4.15. The van der Waals surface area contributed by atoms with Crippen LogP contribution < -0.4 is 20.5 Å². The monoisotopic (exact) mass is 408 g/mol. The minimum atomic E-state index is 0.397. The molecular formula is C24H32N4O2. The van der Waals surface area contributed by atoms with Gasteiger partial charge in [0.15, 0.2) is 17.5 Å². The van der Waals surface area contributed by atoms with Gasteiger partial charge in [0, 0.05) is 24.7 Å². The molecule has 0 saturated carbocycles. The molecular weight excluding hydrogens is 376 g/mol. The molecule has 2 aromatic carbocycles. The van der Waals surface area contributed by atoms with Crippen LogP contribution in [0.5, 0.6) is 11.5 Å². The minimum Gasteiger partial charge on any atom is -0.490 e. The summed E-state index contributed by atoms with van der Waals surface area (Å²) in [5, 5.41) is 3.17. The molecule has 2 aliphatic heterocycles. The SMILES string of the molecule is NC(=NCc1ccccc1CN1CCCCCC1)Nc1ccc2c(c1)OCCCO2. The van der Waals surface area contributed by atoms with E-state index in [1.165, 1.54) is 49.9 Å². The van der Waals surface area contributed by atoms with Crippen LogP contribution in [0.2, 0.25) is 0 Å². The summed E-state index contributed by atoms with van der Waals surface area (Å²) in [7, 11) is 0. The number of hydrogen-bond acceptors (Lipinski definition) is 4. The first-order chi connectivity index (χ1) is 14.8. The molecule has 1 fully saturated rings. The van der Waals surface area contributed by atoms with Crippen LogP contribution in [-0.2, 0) is 13.1 Å². The van der Waals surface area contributed by atoms with Crippen molar-refractivity contribution in [2.45, 2.75) is 45.2 Å². The molecule has 0 bridgehead atoms. The van der Waals surface area contributed by atoms with Crippen LogP contribution in [-0.4, -0.2) is 37.2 Å². The van der Waals surface area contributed by atoms with Crippen molar-refractivity contribution in [3.05, 3.63) is 53.6 Å². The average Bonchev–Trinajstić information content (AvgIpc) is 3.15. The largest absolute Gasteiger partial charge is 0.490 e. The normalized spacial score (nSPS) is 17.8. The molecule has 2 aliphatic rings. The van der Waals surface area contributed by atoms with Gasteiger partial charge in [-0.1, -0.05) is 37.1 Å². The van der Waals surface area contributed by atoms with Gasteiger partial charge in [0.2, 0.25) is 0 Å². The Hall–Kier alpha value is -2.73. The molecule has 3 N–H and O–H groups in total. The van der Waals surface area contributed by atoms with Gasteiger partial charge in [-0.2, -0.15) is 0 Å². The zero-order chi connectivity index (χ0) is 20.6. The van der Waals surface area contributed by atoms with Crippen molar-refractivity contribution >= 4 is 11.6 Å². The van der Waals surface area contributed by atoms with E-state index in [0.717, 1.165) is 30.2 Å². The van der Waals surface area contributed by atoms with Crippen molar-refractivity contribution in [3.8, 4) is 11.5 Å². The first-order valence-electron chi connectivity index (χ1n) is 11.0. The lowest BCUT2D eigenvalue weighted by molar-refractivity contribution is 0.276. The molecule has 6 nitrogen and oxygen atoms in total. The summed E-state index contributed by atoms with van der Waals surface area (Å²) in [4.78, 5) is 7.15. The second-order valence-electron chi connectivity index (χ2n) is 8.00. The third kappa shape index (κ3) is 5.66. The maximum Gasteiger partial charge on any atom is 0.193 e. The van der Waals surface area contributed by atoms with Crippen molar-refractivity contribution in [2.24, 2.45) is 10.7 Å². The maximum absolute atomic E-state index is 6.17. The van der Waals surface area contributed by atoms with Gasteiger partial charge in [-0.25, -0.2) is 4.99 Å². The van der Waals surface area contributed by atoms with Gasteiger partial charge in [0.05, 0.1) is 19.8 Å². The Labute approximate surface area is 179 Å². The van der Waals surface area contributed by atoms with Gasteiger partial charge in [0.25, 0.3) is 0 Å². The zero-order valence-corrected chi connectivity index (χ0v) is 17.6. The van der Waals surface area contributed by atoms with Gasteiger partial charge < -0.3 is 20.5 Å². The maximum atomic E-state index is 6.17. The van der Waals surface area contributed by atoms with E-state index in [9.17, 15) is 0 Å². The van der Waals surface area contributed by atoms with E-state index in [-0.39, 0.29) is 0 Å². The highest BCUT2D eigenvalue weighted by Gasteiger charge is 2.12. The fourth-order valence-corrected chi connectivity index (χ4v) is 4.00. The molecule has 1 saturated heterocycles. The van der Waals surface area contributed by atoms with E-state index < -0.39 is 0 Å². The summed E-state index contributed by atoms with van der Waals surface area (Å²) in [5.41, 5.74) is 9.58. The summed E-state index contributed by atoms with van der Waals surface area (Å²) in [5.74, 6) is 1.91. The predicted molar refractivity (Wildman–Crippen MR) is 121 cm³/mol. The Morgan fingerprint density at radius 2 is 1.63 bits per heavy atom. The van der Waals surface area contributed by atoms with E-state index >= 15 is 0 Å². The highest BCUT2D eigenvalue weighted by molar-refractivity contribution is 5.92. The fourth-order valence-electron chi connectivity index (χ4n) is 4.00. The molecule has 0 atom stereocenters. The molecule has 0 aromatic heterocycles. The number of aliphatic imine (C=N–C) groups is 1. The number of nitrogens with one attached hydrogen (secondary N) is 1. The van der Waals surface area contributed by atoms with Gasteiger partial charge in [-0.15, -0.1) is 0 Å². The van der Waals surface area contributed by atoms with Crippen LogP contribution in [0.25, 0.3) is 0 Å². The third-order valence-electron chi connectivity index (χ3n) is 5.65. The summed E-state index contributed by atoms with van der Waals surface area (Å²) < 4.78 is 11.4. The van der Waals surface area contributed by atoms with Gasteiger partial charge in [-0.05, 0) is 49.2 Å². The quantitative estimate of drug-likeness (QED) is 0.574. The highest BCUT2D eigenvalue weighted by Crippen LogP contribution is 2.32. The van der Waals surface area contributed by atoms with E-state index in [4.69, 9.17) is 15.2 Å². The molecule has 0 radical (unpaired) electrons. The van der Waals surface area contributed by atoms with Crippen molar-refractivity contribution < 1.29 is 9.47 Å². The molecule has 0 spiro atoms. The van der Waals surface area contributed by atoms with Crippen LogP contribution in [0.15, 0.2) is 47.5 Å². The molecule has 160 valence electrons. The number of benzene rings is 2. The van der Waals surface area contributed by atoms with Gasteiger partial charge >= 0.3 is 0 Å². The zero-order valence-electron chi connectivity index (χ0n) is 17.6. The first kappa shape index (κ1) is 20.5. The van der Waals surface area contributed by atoms with Crippen LogP contribution in [0.4, 0.5) is 5.69 Å². The van der Waals surface area contributed by atoms with Crippen molar-refractivity contribution in [1.82, 2.24) is 4.90 Å². The average molecular weight is 409 g/mol. The lowest BCUT2D eigenvalue weighted by Gasteiger charge is -2.21. The number of fused-ring (bicyclic) bond motifs is 1. The fraction of sp³-hybridized carbons (Fsp3) is 0.458. The molecule has 2 heterocycles. The molecule has 2 aromatic rings. The molecule has 0 unspecified atom stereocenters. The molecule has 30 heavy (non-hydrogen) atoms. The van der Waals surface area contributed by atoms with Crippen LogP contribution in [0.1, 0.15) is 43.2 Å². The lowest BCUT2D eigenvalue weighted by atomic mass is 10.1. The summed E-state index contributed by atoms with van der Waals surface area (Å²) >= 11 is 0. The van der Waals surface area contributed by atoms with Crippen LogP contribution in [0.3, 0.4) is 0 Å². The van der Waals surface area contributed by atoms with Crippen LogP contribution >= 0.6 is 0 Å². The number of ether oxygens (including phenoxy) is 2. The Bertz CT molecular complexity index is 860. The number of guanidine groups is 1. The number of nitrogens with zero attached hydrogens (tertiary/aromatic N) is 2. The highest BCUT2D eigenvalue weighted by atomic mass is 16.5. The Balaban J connectivity index is 1.39. The number of likely N-dealkylation sites (tertiary alicyclic amines) is 1. The van der Waals surface area contributed by atoms with Crippen molar-refractivity contribution in [2.75, 3.05) is 31.6 Å². The Kier molecular flexibility index (Phi) is 7.08. The number of rotatable bonds is 5. The number of nitrogens with two attached hydrogens (primary N) is 1. The molecule has 4 rings (SSSR count). The van der Waals surface area contributed by atoms with E-state index in [1.54, 1.807) is 0 Å². The van der Waals surface area contributed by atoms with Crippen LogP contribution in [0, 0.1) is 0 Å². The Morgan fingerprint density at radius 3 is 2.43 bits per heavy atom. The third-order valence-corrected chi connectivity index (χ3v) is 5.65. The summed E-state index contributed by atoms with van der Waals surface area (Å²) in [6, 6.07) is 14.3. The van der Waals surface area contributed by atoms with Gasteiger partial charge in [0.1, 0.15) is 0 Å².